The van der Waals surface area contributed by atoms with Crippen molar-refractivity contribution in [1.82, 2.24) is 4.98 Å². The van der Waals surface area contributed by atoms with Crippen LogP contribution in [0.1, 0.15) is 16.1 Å². The molecule has 0 saturated heterocycles. The fourth-order valence-electron chi connectivity index (χ4n) is 2.43. The van der Waals surface area contributed by atoms with Gasteiger partial charge in [-0.3, -0.25) is 4.98 Å². The van der Waals surface area contributed by atoms with Gasteiger partial charge in [0.25, 0.3) is 0 Å². The highest BCUT2D eigenvalue weighted by molar-refractivity contribution is 6.31. The molecule has 6 heteroatoms. The van der Waals surface area contributed by atoms with Crippen molar-refractivity contribution in [3.63, 3.8) is 0 Å². The molecule has 0 amide bonds. The third-order valence-electron chi connectivity index (χ3n) is 3.46. The van der Waals surface area contributed by atoms with E-state index in [2.05, 4.69) is 10.3 Å². The molecule has 4 nitrogen and oxygen atoms in total. The fourth-order valence-corrected chi connectivity index (χ4v) is 2.60. The van der Waals surface area contributed by atoms with E-state index < -0.39 is 0 Å². The van der Waals surface area contributed by atoms with E-state index in [4.69, 9.17) is 16.3 Å². The van der Waals surface area contributed by atoms with Crippen molar-refractivity contribution in [2.45, 2.75) is 6.92 Å². The smallest absolute Gasteiger partial charge is 0.337 e. The van der Waals surface area contributed by atoms with Gasteiger partial charge >= 0.3 is 5.97 Å². The third-order valence-corrected chi connectivity index (χ3v) is 3.70. The van der Waals surface area contributed by atoms with Gasteiger partial charge in [0.2, 0.25) is 0 Å². The first-order valence-electron chi connectivity index (χ1n) is 7.09. The highest BCUT2D eigenvalue weighted by atomic mass is 35.5. The second-order valence-electron chi connectivity index (χ2n) is 5.17. The highest BCUT2D eigenvalue weighted by Crippen LogP contribution is 2.28. The van der Waals surface area contributed by atoms with Crippen molar-refractivity contribution >= 4 is 52.3 Å². The molecule has 2 aromatic carbocycles. The predicted octanol–water partition coefficient (Wildman–Crippen LogP) is 5.15. The van der Waals surface area contributed by atoms with Crippen LogP contribution in [0.2, 0.25) is 5.02 Å². The highest BCUT2D eigenvalue weighted by Gasteiger charge is 2.08. The molecule has 3 rings (SSSR count). The Balaban J connectivity index is 0.00000208. The molecule has 0 radical (unpaired) electrons. The number of hydrogen-bond donors (Lipinski definition) is 1. The van der Waals surface area contributed by atoms with Gasteiger partial charge in [0, 0.05) is 27.5 Å². The van der Waals surface area contributed by atoms with Gasteiger partial charge in [0.05, 0.1) is 18.2 Å². The maximum atomic E-state index is 11.6. The van der Waals surface area contributed by atoms with E-state index in [1.165, 1.54) is 7.11 Å². The molecule has 0 atom stereocenters. The molecule has 0 aliphatic carbocycles. The summed E-state index contributed by atoms with van der Waals surface area (Å²) < 4.78 is 4.75. The number of methoxy groups -OCH3 is 1. The van der Waals surface area contributed by atoms with E-state index in [0.717, 1.165) is 28.0 Å². The summed E-state index contributed by atoms with van der Waals surface area (Å²) in [5.74, 6) is -0.365. The van der Waals surface area contributed by atoms with E-state index in [1.807, 2.05) is 43.3 Å². The van der Waals surface area contributed by atoms with Crippen molar-refractivity contribution in [3.05, 3.63) is 64.8 Å². The van der Waals surface area contributed by atoms with Crippen molar-refractivity contribution in [2.75, 3.05) is 12.4 Å². The predicted molar refractivity (Wildman–Crippen MR) is 99.8 cm³/mol. The first kappa shape index (κ1) is 18.0. The topological polar surface area (TPSA) is 51.2 Å². The number of benzene rings is 2. The SMILES string of the molecule is COC(=O)c1cccc(Nc2cc(C)nc3cc(Cl)ccc23)c1.Cl. The largest absolute Gasteiger partial charge is 0.465 e. The van der Waals surface area contributed by atoms with E-state index >= 15 is 0 Å². The van der Waals surface area contributed by atoms with Crippen LogP contribution in [0.25, 0.3) is 10.9 Å². The summed E-state index contributed by atoms with van der Waals surface area (Å²) in [5, 5.41) is 4.94. The van der Waals surface area contributed by atoms with Crippen LogP contribution in [-0.4, -0.2) is 18.1 Å². The number of nitrogens with one attached hydrogen (secondary N) is 1. The molecule has 3 aromatic rings. The molecule has 0 aliphatic heterocycles. The first-order chi connectivity index (χ1) is 11.1. The van der Waals surface area contributed by atoms with E-state index in [-0.39, 0.29) is 18.4 Å². The minimum atomic E-state index is -0.365. The molecule has 0 bridgehead atoms. The van der Waals surface area contributed by atoms with Gasteiger partial charge in [-0.15, -0.1) is 12.4 Å². The molecule has 1 N–H and O–H groups in total. The Morgan fingerprint density at radius 1 is 1.17 bits per heavy atom. The monoisotopic (exact) mass is 362 g/mol. The normalized spacial score (nSPS) is 10.1. The molecule has 124 valence electrons. The Morgan fingerprint density at radius 2 is 1.96 bits per heavy atom. The number of anilines is 2. The number of carbonyl (C=O) groups excluding carboxylic acids is 1. The van der Waals surface area contributed by atoms with E-state index in [0.29, 0.717) is 10.6 Å². The Morgan fingerprint density at radius 3 is 2.71 bits per heavy atom. The zero-order valence-corrected chi connectivity index (χ0v) is 14.7. The molecular weight excluding hydrogens is 347 g/mol. The molecule has 0 spiro atoms. The lowest BCUT2D eigenvalue weighted by Gasteiger charge is -2.12. The molecule has 0 aliphatic rings. The summed E-state index contributed by atoms with van der Waals surface area (Å²) in [7, 11) is 1.37. The molecule has 1 heterocycles. The lowest BCUT2D eigenvalue weighted by molar-refractivity contribution is 0.0601. The van der Waals surface area contributed by atoms with Gasteiger partial charge < -0.3 is 10.1 Å². The number of rotatable bonds is 3. The zero-order chi connectivity index (χ0) is 16.4. The molecule has 1 aromatic heterocycles. The number of hydrogen-bond acceptors (Lipinski definition) is 4. The maximum absolute atomic E-state index is 11.6. The lowest BCUT2D eigenvalue weighted by Crippen LogP contribution is -2.02. The zero-order valence-electron chi connectivity index (χ0n) is 13.2. The Labute approximate surface area is 151 Å². The Hall–Kier alpha value is -2.30. The van der Waals surface area contributed by atoms with Crippen LogP contribution >= 0.6 is 24.0 Å². The summed E-state index contributed by atoms with van der Waals surface area (Å²) in [6, 6.07) is 14.7. The van der Waals surface area contributed by atoms with E-state index in [1.54, 1.807) is 12.1 Å². The number of aromatic nitrogens is 1. The van der Waals surface area contributed by atoms with Crippen LogP contribution in [0.5, 0.6) is 0 Å². The number of pyridine rings is 1. The van der Waals surface area contributed by atoms with Crippen molar-refractivity contribution in [3.8, 4) is 0 Å². The first-order valence-corrected chi connectivity index (χ1v) is 7.47. The molecule has 0 fully saturated rings. The van der Waals surface area contributed by atoms with Crippen molar-refractivity contribution in [1.29, 1.82) is 0 Å². The van der Waals surface area contributed by atoms with Gasteiger partial charge in [0.1, 0.15) is 0 Å². The minimum absolute atomic E-state index is 0. The van der Waals surface area contributed by atoms with Crippen LogP contribution in [0.3, 0.4) is 0 Å². The molecule has 0 unspecified atom stereocenters. The van der Waals surface area contributed by atoms with Gasteiger partial charge in [-0.05, 0) is 49.4 Å². The van der Waals surface area contributed by atoms with Gasteiger partial charge in [-0.25, -0.2) is 4.79 Å². The Kier molecular flexibility index (Phi) is 5.65. The summed E-state index contributed by atoms with van der Waals surface area (Å²) in [6.07, 6.45) is 0. The number of halogens is 2. The Bertz CT molecular complexity index is 892. The average Bonchev–Trinajstić information content (AvgIpc) is 2.53. The number of carbonyl (C=O) groups is 1. The van der Waals surface area contributed by atoms with Crippen LogP contribution in [-0.2, 0) is 4.74 Å². The maximum Gasteiger partial charge on any atom is 0.337 e. The number of esters is 1. The van der Waals surface area contributed by atoms with Crippen LogP contribution < -0.4 is 5.32 Å². The van der Waals surface area contributed by atoms with Crippen LogP contribution in [0.4, 0.5) is 11.4 Å². The van der Waals surface area contributed by atoms with E-state index in [9.17, 15) is 4.79 Å². The summed E-state index contributed by atoms with van der Waals surface area (Å²) in [5.41, 5.74) is 3.91. The standard InChI is InChI=1S/C18H15ClN2O2.ClH/c1-11-8-16(15-7-6-13(19)10-17(15)20-11)21-14-5-3-4-12(9-14)18(22)23-2;/h3-10H,1-2H3,(H,20,21);1H. The molecule has 0 saturated carbocycles. The van der Waals surface area contributed by atoms with Gasteiger partial charge in [0.15, 0.2) is 0 Å². The van der Waals surface area contributed by atoms with Crippen LogP contribution in [0.15, 0.2) is 48.5 Å². The second-order valence-corrected chi connectivity index (χ2v) is 5.61. The molecular formula is C18H16Cl2N2O2. The third kappa shape index (κ3) is 3.78. The fraction of sp³-hybridized carbons (Fsp3) is 0.111. The van der Waals surface area contributed by atoms with Crippen LogP contribution in [0, 0.1) is 6.92 Å². The molecule has 24 heavy (non-hydrogen) atoms. The van der Waals surface area contributed by atoms with Crippen molar-refractivity contribution < 1.29 is 9.53 Å². The van der Waals surface area contributed by atoms with Gasteiger partial charge in [-0.2, -0.15) is 0 Å². The minimum Gasteiger partial charge on any atom is -0.465 e. The number of nitrogens with zero attached hydrogens (tertiary/aromatic N) is 1. The lowest BCUT2D eigenvalue weighted by atomic mass is 10.1. The number of aryl methyl sites for hydroxylation is 1. The summed E-state index contributed by atoms with van der Waals surface area (Å²) >= 11 is 6.04. The summed E-state index contributed by atoms with van der Waals surface area (Å²) in [6.45, 7) is 1.93. The average molecular weight is 363 g/mol. The number of ether oxygens (including phenoxy) is 1. The quantitative estimate of drug-likeness (QED) is 0.654. The van der Waals surface area contributed by atoms with Crippen molar-refractivity contribution in [2.24, 2.45) is 0 Å². The summed E-state index contributed by atoms with van der Waals surface area (Å²) in [4.78, 5) is 16.1. The van der Waals surface area contributed by atoms with Gasteiger partial charge in [-0.1, -0.05) is 17.7 Å². The number of fused-ring (bicyclic) bond motifs is 1. The second kappa shape index (κ2) is 7.51.